The van der Waals surface area contributed by atoms with Gasteiger partial charge in [-0.05, 0) is 30.2 Å². The second-order valence-electron chi connectivity index (χ2n) is 3.16. The molecule has 1 aromatic rings. The van der Waals surface area contributed by atoms with Gasteiger partial charge in [0.15, 0.2) is 11.5 Å². The Morgan fingerprint density at radius 2 is 2.00 bits per heavy atom. The van der Waals surface area contributed by atoms with Gasteiger partial charge in [0.25, 0.3) is 0 Å². The topological polar surface area (TPSA) is 38.7 Å². The van der Waals surface area contributed by atoms with E-state index in [9.17, 15) is 0 Å². The third-order valence-corrected chi connectivity index (χ3v) is 2.10. The van der Waals surface area contributed by atoms with Crippen molar-refractivity contribution in [3.8, 4) is 11.5 Å². The lowest BCUT2D eigenvalue weighted by molar-refractivity contribution is 0.343. The fourth-order valence-electron chi connectivity index (χ4n) is 1.47. The maximum atomic E-state index is 8.68. The monoisotopic (exact) mass is 208 g/mol. The van der Waals surface area contributed by atoms with Gasteiger partial charge in [0.05, 0.1) is 20.8 Å². The molecule has 82 valence electrons. The summed E-state index contributed by atoms with van der Waals surface area (Å²) in [5.74, 6) is 1.45. The highest BCUT2D eigenvalue weighted by Gasteiger charge is 2.07. The van der Waals surface area contributed by atoms with Gasteiger partial charge < -0.3 is 14.6 Å². The first-order valence-corrected chi connectivity index (χ1v) is 4.73. The summed E-state index contributed by atoms with van der Waals surface area (Å²) in [7, 11) is 3.23. The summed E-state index contributed by atoms with van der Waals surface area (Å²) in [6.45, 7) is 1.99. The lowest BCUT2D eigenvalue weighted by Crippen LogP contribution is -1.94. The van der Waals surface area contributed by atoms with E-state index in [1.807, 2.05) is 25.1 Å². The number of hydrogen-bond acceptors (Lipinski definition) is 3. The summed E-state index contributed by atoms with van der Waals surface area (Å²) >= 11 is 0. The minimum atomic E-state index is 0.0351. The molecule has 1 rings (SSSR count). The highest BCUT2D eigenvalue weighted by Crippen LogP contribution is 2.32. The Labute approximate surface area is 90.0 Å². The molecule has 3 heteroatoms. The molecular formula is C12H16O3. The van der Waals surface area contributed by atoms with Crippen LogP contribution < -0.4 is 9.47 Å². The highest BCUT2D eigenvalue weighted by molar-refractivity contribution is 5.59. The maximum absolute atomic E-state index is 8.68. The van der Waals surface area contributed by atoms with E-state index >= 15 is 0 Å². The molecule has 0 atom stereocenters. The molecule has 0 radical (unpaired) electrons. The normalized spacial score (nSPS) is 10.7. The number of benzene rings is 1. The number of ether oxygens (including phenoxy) is 2. The van der Waals surface area contributed by atoms with Crippen LogP contribution in [0.15, 0.2) is 18.2 Å². The smallest absolute Gasteiger partial charge is 0.163 e. The number of aryl methyl sites for hydroxylation is 1. The van der Waals surface area contributed by atoms with Crippen LogP contribution in [-0.2, 0) is 0 Å². The minimum absolute atomic E-state index is 0.0351. The SMILES string of the molecule is COc1cc(/C=C/CO)cc(C)c1OC. The molecule has 0 spiro atoms. The quantitative estimate of drug-likeness (QED) is 0.822. The zero-order valence-corrected chi connectivity index (χ0v) is 9.28. The molecule has 0 heterocycles. The summed E-state index contributed by atoms with van der Waals surface area (Å²) in [6.07, 6.45) is 3.52. The summed E-state index contributed by atoms with van der Waals surface area (Å²) < 4.78 is 10.4. The molecule has 1 aromatic carbocycles. The molecular weight excluding hydrogens is 192 g/mol. The summed E-state index contributed by atoms with van der Waals surface area (Å²) in [5.41, 5.74) is 1.99. The van der Waals surface area contributed by atoms with Crippen molar-refractivity contribution in [2.24, 2.45) is 0 Å². The van der Waals surface area contributed by atoms with E-state index in [1.165, 1.54) is 0 Å². The van der Waals surface area contributed by atoms with E-state index in [1.54, 1.807) is 20.3 Å². The maximum Gasteiger partial charge on any atom is 0.163 e. The molecule has 0 fully saturated rings. The summed E-state index contributed by atoms with van der Waals surface area (Å²) in [4.78, 5) is 0. The predicted octanol–water partition coefficient (Wildman–Crippen LogP) is 2.02. The Bertz CT molecular complexity index is 356. The lowest BCUT2D eigenvalue weighted by atomic mass is 10.1. The zero-order valence-electron chi connectivity index (χ0n) is 9.28. The van der Waals surface area contributed by atoms with E-state index in [-0.39, 0.29) is 6.61 Å². The van der Waals surface area contributed by atoms with E-state index in [0.717, 1.165) is 16.9 Å². The molecule has 0 amide bonds. The van der Waals surface area contributed by atoms with Gasteiger partial charge in [-0.2, -0.15) is 0 Å². The summed E-state index contributed by atoms with van der Waals surface area (Å²) in [6, 6.07) is 3.85. The molecule has 0 saturated carbocycles. The van der Waals surface area contributed by atoms with Crippen LogP contribution in [-0.4, -0.2) is 25.9 Å². The molecule has 3 nitrogen and oxygen atoms in total. The first-order chi connectivity index (χ1) is 7.22. The van der Waals surface area contributed by atoms with Crippen molar-refractivity contribution in [2.75, 3.05) is 20.8 Å². The van der Waals surface area contributed by atoms with Crippen molar-refractivity contribution >= 4 is 6.08 Å². The van der Waals surface area contributed by atoms with Crippen molar-refractivity contribution in [3.63, 3.8) is 0 Å². The van der Waals surface area contributed by atoms with Crippen molar-refractivity contribution in [2.45, 2.75) is 6.92 Å². The second-order valence-corrected chi connectivity index (χ2v) is 3.16. The fourth-order valence-corrected chi connectivity index (χ4v) is 1.47. The Kier molecular flexibility index (Phi) is 4.18. The van der Waals surface area contributed by atoms with Gasteiger partial charge in [0.2, 0.25) is 0 Å². The van der Waals surface area contributed by atoms with E-state index in [4.69, 9.17) is 14.6 Å². The minimum Gasteiger partial charge on any atom is -0.493 e. The molecule has 15 heavy (non-hydrogen) atoms. The first-order valence-electron chi connectivity index (χ1n) is 4.73. The Morgan fingerprint density at radius 3 is 2.53 bits per heavy atom. The van der Waals surface area contributed by atoms with Crippen molar-refractivity contribution in [1.82, 2.24) is 0 Å². The standard InChI is InChI=1S/C12H16O3/c1-9-7-10(5-4-6-13)8-11(14-2)12(9)15-3/h4-5,7-8,13H,6H2,1-3H3/b5-4+. The molecule has 0 aliphatic heterocycles. The molecule has 0 aromatic heterocycles. The largest absolute Gasteiger partial charge is 0.493 e. The highest BCUT2D eigenvalue weighted by atomic mass is 16.5. The van der Waals surface area contributed by atoms with Crippen LogP contribution >= 0.6 is 0 Å². The first kappa shape index (κ1) is 11.6. The van der Waals surface area contributed by atoms with E-state index < -0.39 is 0 Å². The van der Waals surface area contributed by atoms with Gasteiger partial charge in [0, 0.05) is 0 Å². The number of aliphatic hydroxyl groups excluding tert-OH is 1. The molecule has 0 aliphatic carbocycles. The molecule has 0 unspecified atom stereocenters. The fraction of sp³-hybridized carbons (Fsp3) is 0.333. The average Bonchev–Trinajstić information content (AvgIpc) is 2.25. The van der Waals surface area contributed by atoms with Crippen LogP contribution in [0, 0.1) is 6.92 Å². The van der Waals surface area contributed by atoms with Gasteiger partial charge in [0.1, 0.15) is 0 Å². The van der Waals surface area contributed by atoms with Gasteiger partial charge in [-0.3, -0.25) is 0 Å². The third-order valence-electron chi connectivity index (χ3n) is 2.10. The zero-order chi connectivity index (χ0) is 11.3. The van der Waals surface area contributed by atoms with Crippen molar-refractivity contribution < 1.29 is 14.6 Å². The van der Waals surface area contributed by atoms with Crippen molar-refractivity contribution in [1.29, 1.82) is 0 Å². The average molecular weight is 208 g/mol. The third kappa shape index (κ3) is 2.73. The number of methoxy groups -OCH3 is 2. The number of aliphatic hydroxyl groups is 1. The molecule has 0 aliphatic rings. The Hall–Kier alpha value is -1.48. The predicted molar refractivity (Wildman–Crippen MR) is 60.4 cm³/mol. The number of hydrogen-bond donors (Lipinski definition) is 1. The molecule has 0 saturated heterocycles. The van der Waals surface area contributed by atoms with Crippen LogP contribution in [0.5, 0.6) is 11.5 Å². The van der Waals surface area contributed by atoms with Crippen LogP contribution in [0.4, 0.5) is 0 Å². The van der Waals surface area contributed by atoms with Gasteiger partial charge in [-0.25, -0.2) is 0 Å². The Balaban J connectivity index is 3.13. The lowest BCUT2D eigenvalue weighted by Gasteiger charge is -2.11. The van der Waals surface area contributed by atoms with Crippen LogP contribution in [0.2, 0.25) is 0 Å². The van der Waals surface area contributed by atoms with Gasteiger partial charge in [-0.1, -0.05) is 12.2 Å². The van der Waals surface area contributed by atoms with Crippen molar-refractivity contribution in [3.05, 3.63) is 29.3 Å². The number of rotatable bonds is 4. The molecule has 1 N–H and O–H groups in total. The van der Waals surface area contributed by atoms with Crippen LogP contribution in [0.1, 0.15) is 11.1 Å². The van der Waals surface area contributed by atoms with Crippen LogP contribution in [0.25, 0.3) is 6.08 Å². The van der Waals surface area contributed by atoms with Gasteiger partial charge >= 0.3 is 0 Å². The molecule has 0 bridgehead atoms. The van der Waals surface area contributed by atoms with Gasteiger partial charge in [-0.15, -0.1) is 0 Å². The summed E-state index contributed by atoms with van der Waals surface area (Å²) in [5, 5.41) is 8.68. The Morgan fingerprint density at radius 1 is 1.27 bits per heavy atom. The van der Waals surface area contributed by atoms with E-state index in [2.05, 4.69) is 0 Å². The van der Waals surface area contributed by atoms with E-state index in [0.29, 0.717) is 5.75 Å². The van der Waals surface area contributed by atoms with Crippen LogP contribution in [0.3, 0.4) is 0 Å². The second kappa shape index (κ2) is 5.41.